The number of hydrogen-bond donors (Lipinski definition) is 0. The predicted octanol–water partition coefficient (Wildman–Crippen LogP) is 4.57. The molecular weight excluding hydrogens is 460 g/mol. The van der Waals surface area contributed by atoms with Gasteiger partial charge in [0, 0.05) is 62.3 Å². The lowest BCUT2D eigenvalue weighted by Gasteiger charge is -2.41. The van der Waals surface area contributed by atoms with E-state index in [0.717, 1.165) is 31.3 Å². The second-order valence-electron chi connectivity index (χ2n) is 8.88. The molecule has 2 fully saturated rings. The summed E-state index contributed by atoms with van der Waals surface area (Å²) in [5, 5.41) is 0.385. The highest BCUT2D eigenvalue weighted by atomic mass is 35.5. The van der Waals surface area contributed by atoms with E-state index in [1.54, 1.807) is 18.5 Å². The van der Waals surface area contributed by atoms with Gasteiger partial charge >= 0.3 is 0 Å². The fraction of sp³-hybridized carbons (Fsp3) is 0.417. The fourth-order valence-electron chi connectivity index (χ4n) is 4.75. The minimum atomic E-state index is -0.892. The number of rotatable bonds is 4. The van der Waals surface area contributed by atoms with Crippen LogP contribution in [0.1, 0.15) is 26.7 Å². The molecule has 1 aromatic carbocycles. The number of benzene rings is 1. The van der Waals surface area contributed by atoms with Crippen molar-refractivity contribution in [1.29, 1.82) is 0 Å². The van der Waals surface area contributed by atoms with Crippen molar-refractivity contribution in [3.63, 3.8) is 0 Å². The molecule has 10 heteroatoms. The van der Waals surface area contributed by atoms with Gasteiger partial charge in [-0.25, -0.2) is 23.7 Å². The van der Waals surface area contributed by atoms with E-state index in [4.69, 9.17) is 21.6 Å². The third-order valence-corrected chi connectivity index (χ3v) is 6.85. The maximum atomic E-state index is 14.0. The lowest BCUT2D eigenvalue weighted by Crippen LogP contribution is -2.53. The van der Waals surface area contributed by atoms with Crippen LogP contribution < -0.4 is 14.7 Å². The van der Waals surface area contributed by atoms with E-state index in [9.17, 15) is 8.78 Å². The Morgan fingerprint density at radius 2 is 1.74 bits per heavy atom. The molecule has 0 radical (unpaired) electrons. The van der Waals surface area contributed by atoms with Gasteiger partial charge in [-0.05, 0) is 44.9 Å². The molecule has 7 nitrogen and oxygen atoms in total. The topological polar surface area (TPSA) is 61.3 Å². The van der Waals surface area contributed by atoms with Crippen molar-refractivity contribution in [2.75, 3.05) is 40.9 Å². The Morgan fingerprint density at radius 3 is 2.44 bits per heavy atom. The van der Waals surface area contributed by atoms with E-state index in [0.29, 0.717) is 53.9 Å². The second kappa shape index (κ2) is 9.29. The van der Waals surface area contributed by atoms with Crippen LogP contribution in [0.2, 0.25) is 5.15 Å². The first-order valence-electron chi connectivity index (χ1n) is 11.5. The SMILES string of the molecule is C[C@@H]1CN(c2nccnc2Cl)CCN1c1cc(-c2ccc(F)c(F)c2)nc(N2CCC[C@H]2C)n1. The smallest absolute Gasteiger partial charge is 0.228 e. The van der Waals surface area contributed by atoms with Crippen LogP contribution in [0.4, 0.5) is 26.4 Å². The Morgan fingerprint density at radius 1 is 0.912 bits per heavy atom. The van der Waals surface area contributed by atoms with Crippen LogP contribution >= 0.6 is 11.6 Å². The normalized spacial score (nSPS) is 20.8. The third-order valence-electron chi connectivity index (χ3n) is 6.58. The Kier molecular flexibility index (Phi) is 6.20. The number of aromatic nitrogens is 4. The molecule has 178 valence electrons. The van der Waals surface area contributed by atoms with Gasteiger partial charge in [0.2, 0.25) is 5.95 Å². The van der Waals surface area contributed by atoms with E-state index in [2.05, 4.69) is 38.5 Å². The molecule has 0 N–H and O–H groups in total. The molecular formula is C24H26ClF2N7. The van der Waals surface area contributed by atoms with Crippen LogP contribution in [-0.2, 0) is 0 Å². The quantitative estimate of drug-likeness (QED) is 0.536. The Bertz CT molecular complexity index is 1190. The van der Waals surface area contributed by atoms with Crippen LogP contribution in [0.15, 0.2) is 36.7 Å². The van der Waals surface area contributed by atoms with Gasteiger partial charge < -0.3 is 14.7 Å². The molecule has 34 heavy (non-hydrogen) atoms. The van der Waals surface area contributed by atoms with Gasteiger partial charge in [-0.2, -0.15) is 4.98 Å². The van der Waals surface area contributed by atoms with Gasteiger partial charge in [0.05, 0.1) is 5.69 Å². The summed E-state index contributed by atoms with van der Waals surface area (Å²) in [5.74, 6) is 0.290. The number of piperazine rings is 1. The van der Waals surface area contributed by atoms with Crippen molar-refractivity contribution in [2.24, 2.45) is 0 Å². The molecule has 0 unspecified atom stereocenters. The lowest BCUT2D eigenvalue weighted by atomic mass is 10.1. The highest BCUT2D eigenvalue weighted by Crippen LogP contribution is 2.31. The molecule has 4 heterocycles. The average Bonchev–Trinajstić information content (AvgIpc) is 3.26. The van der Waals surface area contributed by atoms with Crippen molar-refractivity contribution in [3.8, 4) is 11.3 Å². The Hall–Kier alpha value is -3.07. The minimum absolute atomic E-state index is 0.100. The van der Waals surface area contributed by atoms with Crippen LogP contribution in [0.25, 0.3) is 11.3 Å². The number of nitrogens with zero attached hydrogens (tertiary/aromatic N) is 7. The van der Waals surface area contributed by atoms with Crippen molar-refractivity contribution in [2.45, 2.75) is 38.8 Å². The lowest BCUT2D eigenvalue weighted by molar-refractivity contribution is 0.509. The van der Waals surface area contributed by atoms with Crippen molar-refractivity contribution < 1.29 is 8.78 Å². The summed E-state index contributed by atoms with van der Waals surface area (Å²) < 4.78 is 27.6. The Balaban J connectivity index is 1.49. The molecule has 3 aromatic rings. The zero-order chi connectivity index (χ0) is 23.8. The molecule has 2 saturated heterocycles. The standard InChI is InChI=1S/C24H26ClF2N7/c1-15-4-3-9-34(15)24-30-20(17-5-6-18(26)19(27)12-17)13-21(31-24)33-11-10-32(14-16(33)2)23-22(25)28-7-8-29-23/h5-8,12-13,15-16H,3-4,9-11,14H2,1-2H3/t15-,16-/m1/s1. The monoisotopic (exact) mass is 485 g/mol. The molecule has 0 saturated carbocycles. The number of halogens is 3. The maximum absolute atomic E-state index is 14.0. The van der Waals surface area contributed by atoms with Crippen LogP contribution in [0, 0.1) is 11.6 Å². The van der Waals surface area contributed by atoms with Gasteiger partial charge in [0.25, 0.3) is 0 Å². The molecule has 0 aliphatic carbocycles. The van der Waals surface area contributed by atoms with Gasteiger partial charge in [0.1, 0.15) is 5.82 Å². The van der Waals surface area contributed by atoms with Crippen molar-refractivity contribution in [1.82, 2.24) is 19.9 Å². The van der Waals surface area contributed by atoms with Crippen LogP contribution in [0.5, 0.6) is 0 Å². The fourth-order valence-corrected chi connectivity index (χ4v) is 4.97. The minimum Gasteiger partial charge on any atom is -0.350 e. The molecule has 2 atom stereocenters. The molecule has 5 rings (SSSR count). The van der Waals surface area contributed by atoms with Gasteiger partial charge in [-0.3, -0.25) is 0 Å². The van der Waals surface area contributed by atoms with E-state index in [1.165, 1.54) is 6.07 Å². The summed E-state index contributed by atoms with van der Waals surface area (Å²) in [6.45, 7) is 7.23. The first kappa shape index (κ1) is 22.7. The number of anilines is 3. The highest BCUT2D eigenvalue weighted by Gasteiger charge is 2.29. The Labute approximate surface area is 202 Å². The summed E-state index contributed by atoms with van der Waals surface area (Å²) in [6.07, 6.45) is 5.36. The summed E-state index contributed by atoms with van der Waals surface area (Å²) in [6, 6.07) is 6.16. The van der Waals surface area contributed by atoms with Crippen LogP contribution in [0.3, 0.4) is 0 Å². The molecule has 2 aliphatic rings. The summed E-state index contributed by atoms with van der Waals surface area (Å²) in [5.41, 5.74) is 1.10. The molecule has 0 spiro atoms. The maximum Gasteiger partial charge on any atom is 0.228 e. The first-order chi connectivity index (χ1) is 16.4. The zero-order valence-corrected chi connectivity index (χ0v) is 19.9. The zero-order valence-electron chi connectivity index (χ0n) is 19.1. The highest BCUT2D eigenvalue weighted by molar-refractivity contribution is 6.31. The van der Waals surface area contributed by atoms with E-state index >= 15 is 0 Å². The van der Waals surface area contributed by atoms with Gasteiger partial charge in [-0.1, -0.05) is 11.6 Å². The molecule has 0 amide bonds. The summed E-state index contributed by atoms with van der Waals surface area (Å²) in [7, 11) is 0. The van der Waals surface area contributed by atoms with Crippen molar-refractivity contribution in [3.05, 3.63) is 53.4 Å². The average molecular weight is 486 g/mol. The van der Waals surface area contributed by atoms with E-state index < -0.39 is 11.6 Å². The first-order valence-corrected chi connectivity index (χ1v) is 11.9. The van der Waals surface area contributed by atoms with Gasteiger partial charge in [-0.15, -0.1) is 0 Å². The predicted molar refractivity (Wildman–Crippen MR) is 129 cm³/mol. The summed E-state index contributed by atoms with van der Waals surface area (Å²) in [4.78, 5) is 24.7. The number of hydrogen-bond acceptors (Lipinski definition) is 7. The summed E-state index contributed by atoms with van der Waals surface area (Å²) >= 11 is 6.27. The van der Waals surface area contributed by atoms with E-state index in [1.807, 2.05) is 6.07 Å². The van der Waals surface area contributed by atoms with Crippen molar-refractivity contribution >= 4 is 29.2 Å². The third kappa shape index (κ3) is 4.36. The van der Waals surface area contributed by atoms with E-state index in [-0.39, 0.29) is 6.04 Å². The molecule has 2 aromatic heterocycles. The second-order valence-corrected chi connectivity index (χ2v) is 9.24. The van der Waals surface area contributed by atoms with Gasteiger partial charge in [0.15, 0.2) is 22.6 Å². The largest absolute Gasteiger partial charge is 0.350 e. The molecule has 2 aliphatic heterocycles. The van der Waals surface area contributed by atoms with Crippen LogP contribution in [-0.4, -0.2) is 58.2 Å². The molecule has 0 bridgehead atoms.